The molecule has 3 rings (SSSR count). The molecule has 170 valence electrons. The van der Waals surface area contributed by atoms with Crippen molar-refractivity contribution < 1.29 is 30.0 Å². The zero-order chi connectivity index (χ0) is 22.5. The first-order valence-corrected chi connectivity index (χ1v) is 9.90. The lowest BCUT2D eigenvalue weighted by Gasteiger charge is -2.17. The van der Waals surface area contributed by atoms with Gasteiger partial charge < -0.3 is 46.5 Å². The molecule has 2 aromatic heterocycles. The monoisotopic (exact) mass is 455 g/mol. The number of hydrogen-bond acceptors (Lipinski definition) is 11. The molecule has 0 aromatic carbocycles. The Morgan fingerprint density at radius 3 is 2.77 bits per heavy atom. The Labute approximate surface area is 181 Å². The predicted octanol–water partition coefficient (Wildman–Crippen LogP) is -2.50. The molecule has 2 unspecified atom stereocenters. The average Bonchev–Trinajstić information content (AvgIpc) is 3.31. The number of carbonyl (C=O) groups is 1. The van der Waals surface area contributed by atoms with E-state index in [1.807, 2.05) is 0 Å². The van der Waals surface area contributed by atoms with Gasteiger partial charge in [-0.2, -0.15) is 0 Å². The number of ether oxygens (including phenoxy) is 1. The number of rotatable bonds is 9. The van der Waals surface area contributed by atoms with Crippen molar-refractivity contribution >= 4 is 35.2 Å². The molecule has 13 nitrogen and oxygen atoms in total. The Bertz CT molecular complexity index is 995. The van der Waals surface area contributed by atoms with Gasteiger partial charge in [-0.25, -0.2) is 9.97 Å². The number of anilines is 1. The number of carbonyl (C=O) groups excluding carboxylic acids is 1. The maximum Gasteiger partial charge on any atom is 0.239 e. The van der Waals surface area contributed by atoms with Gasteiger partial charge in [-0.15, -0.1) is 0 Å². The third kappa shape index (κ3) is 5.07. The lowest BCUT2D eigenvalue weighted by atomic mass is 10.1. The van der Waals surface area contributed by atoms with Gasteiger partial charge in [-0.1, -0.05) is 24.4 Å². The van der Waals surface area contributed by atoms with Crippen LogP contribution in [0.4, 0.5) is 5.95 Å². The van der Waals surface area contributed by atoms with Crippen molar-refractivity contribution in [3.05, 3.63) is 23.1 Å². The number of nitrogens with zero attached hydrogens (tertiary/aromatic N) is 3. The predicted molar refractivity (Wildman–Crippen MR) is 111 cm³/mol. The molecule has 1 aliphatic heterocycles. The number of fused-ring (bicyclic) bond motifs is 1. The molecule has 3 heterocycles. The van der Waals surface area contributed by atoms with Crippen molar-refractivity contribution in [2.75, 3.05) is 31.6 Å². The molecular weight excluding hydrogens is 430 g/mol. The summed E-state index contributed by atoms with van der Waals surface area (Å²) >= 11 is 5.28. The summed E-state index contributed by atoms with van der Waals surface area (Å²) in [6.45, 7) is -0.267. The van der Waals surface area contributed by atoms with Crippen molar-refractivity contribution in [3.63, 3.8) is 0 Å². The van der Waals surface area contributed by atoms with Gasteiger partial charge in [0.25, 0.3) is 0 Å². The summed E-state index contributed by atoms with van der Waals surface area (Å²) in [5, 5.41) is 43.9. The molecule has 0 spiro atoms. The fourth-order valence-corrected chi connectivity index (χ4v) is 3.26. The Balaban J connectivity index is 1.67. The van der Waals surface area contributed by atoms with Crippen molar-refractivity contribution in [3.8, 4) is 0 Å². The molecule has 0 saturated carbocycles. The van der Waals surface area contributed by atoms with Crippen LogP contribution in [0.3, 0.4) is 0 Å². The SMILES string of the molecule is NC(CO)C(=O)NC/C=C/CNc1nc(=S)c2ncn([C@@H]3O[C@H](CO)[C@H](O)C3O)c2[nH]1. The molecule has 0 aliphatic carbocycles. The Kier molecular flexibility index (Phi) is 7.66. The van der Waals surface area contributed by atoms with Gasteiger partial charge >= 0.3 is 0 Å². The lowest BCUT2D eigenvalue weighted by molar-refractivity contribution is -0.122. The van der Waals surface area contributed by atoms with Gasteiger partial charge in [0, 0.05) is 13.1 Å². The molecule has 1 saturated heterocycles. The largest absolute Gasteiger partial charge is 0.394 e. The third-order valence-corrected chi connectivity index (χ3v) is 5.00. The summed E-state index contributed by atoms with van der Waals surface area (Å²) in [6, 6.07) is -0.955. The number of hydrogen-bond donors (Lipinski definition) is 8. The molecule has 31 heavy (non-hydrogen) atoms. The second-order valence-electron chi connectivity index (χ2n) is 6.85. The smallest absolute Gasteiger partial charge is 0.239 e. The quantitative estimate of drug-likeness (QED) is 0.147. The second-order valence-corrected chi connectivity index (χ2v) is 7.24. The summed E-state index contributed by atoms with van der Waals surface area (Å²) in [6.07, 6.45) is 0.458. The van der Waals surface area contributed by atoms with E-state index >= 15 is 0 Å². The molecule has 2 aromatic rings. The average molecular weight is 455 g/mol. The molecule has 0 radical (unpaired) electrons. The molecule has 5 atom stereocenters. The van der Waals surface area contributed by atoms with Crippen LogP contribution in [0.2, 0.25) is 0 Å². The lowest BCUT2D eigenvalue weighted by Crippen LogP contribution is -2.42. The summed E-state index contributed by atoms with van der Waals surface area (Å²) in [4.78, 5) is 22.9. The Morgan fingerprint density at radius 2 is 2.10 bits per heavy atom. The third-order valence-electron chi connectivity index (χ3n) is 4.72. The summed E-state index contributed by atoms with van der Waals surface area (Å²) in [7, 11) is 0. The van der Waals surface area contributed by atoms with Gasteiger partial charge in [-0.05, 0) is 0 Å². The van der Waals surface area contributed by atoms with Crippen LogP contribution in [0.15, 0.2) is 18.5 Å². The van der Waals surface area contributed by atoms with E-state index in [2.05, 4.69) is 25.6 Å². The maximum absolute atomic E-state index is 11.5. The number of imidazole rings is 1. The van der Waals surface area contributed by atoms with Crippen LogP contribution in [0.5, 0.6) is 0 Å². The van der Waals surface area contributed by atoms with E-state index in [0.29, 0.717) is 23.7 Å². The fourth-order valence-electron chi connectivity index (χ4n) is 3.02. The van der Waals surface area contributed by atoms with Crippen LogP contribution in [0, 0.1) is 4.64 Å². The van der Waals surface area contributed by atoms with Crippen LogP contribution >= 0.6 is 12.2 Å². The van der Waals surface area contributed by atoms with Crippen LogP contribution in [-0.2, 0) is 9.53 Å². The van der Waals surface area contributed by atoms with Gasteiger partial charge in [0.1, 0.15) is 35.5 Å². The van der Waals surface area contributed by atoms with Gasteiger partial charge in [0.05, 0.1) is 19.5 Å². The van der Waals surface area contributed by atoms with E-state index in [-0.39, 0.29) is 11.2 Å². The first-order valence-electron chi connectivity index (χ1n) is 9.49. The van der Waals surface area contributed by atoms with Crippen LogP contribution < -0.4 is 16.4 Å². The standard InChI is InChI=1S/C17H25N7O6S/c18-8(5-25)14(29)19-3-1-2-4-20-17-22-13-10(15(31)23-17)21-7-24(13)16-12(28)11(27)9(6-26)30-16/h1-2,7-9,11-12,16,25-28H,3-6,18H2,(H,19,29)(H2,20,22,23,31)/b2-1+/t8?,9-,11+,12?,16-/m1/s1. The minimum atomic E-state index is -1.27. The zero-order valence-corrected chi connectivity index (χ0v) is 17.2. The highest BCUT2D eigenvalue weighted by atomic mass is 32.1. The molecule has 14 heteroatoms. The number of nitrogens with two attached hydrogens (primary N) is 1. The number of aliphatic hydroxyl groups excluding tert-OH is 4. The summed E-state index contributed by atoms with van der Waals surface area (Å²) < 4.78 is 7.25. The Hall–Kier alpha value is -2.46. The Morgan fingerprint density at radius 1 is 1.35 bits per heavy atom. The second kappa shape index (κ2) is 10.2. The summed E-state index contributed by atoms with van der Waals surface area (Å²) in [5.74, 6) is -0.114. The number of aromatic nitrogens is 4. The molecule has 1 aliphatic rings. The van der Waals surface area contributed by atoms with E-state index < -0.39 is 49.7 Å². The van der Waals surface area contributed by atoms with Crippen molar-refractivity contribution in [1.29, 1.82) is 0 Å². The highest BCUT2D eigenvalue weighted by molar-refractivity contribution is 7.71. The van der Waals surface area contributed by atoms with E-state index in [9.17, 15) is 20.1 Å². The van der Waals surface area contributed by atoms with Crippen LogP contribution in [-0.4, -0.2) is 96.5 Å². The number of amides is 1. The van der Waals surface area contributed by atoms with Crippen LogP contribution in [0.1, 0.15) is 6.23 Å². The van der Waals surface area contributed by atoms with E-state index in [1.54, 1.807) is 12.2 Å². The van der Waals surface area contributed by atoms with Crippen molar-refractivity contribution in [2.24, 2.45) is 5.73 Å². The van der Waals surface area contributed by atoms with Gasteiger partial charge in [0.2, 0.25) is 11.9 Å². The summed E-state index contributed by atoms with van der Waals surface area (Å²) in [5.41, 5.74) is 6.20. The number of H-pyrrole nitrogens is 1. The van der Waals surface area contributed by atoms with Crippen LogP contribution in [0.25, 0.3) is 11.2 Å². The molecule has 0 bridgehead atoms. The number of aliphatic hydroxyl groups is 4. The van der Waals surface area contributed by atoms with E-state index in [4.69, 9.17) is 27.8 Å². The normalized spacial score (nSPS) is 24.7. The van der Waals surface area contributed by atoms with E-state index in [0.717, 1.165) is 0 Å². The minimum Gasteiger partial charge on any atom is -0.394 e. The van der Waals surface area contributed by atoms with Crippen molar-refractivity contribution in [2.45, 2.75) is 30.6 Å². The first-order chi connectivity index (χ1) is 14.9. The number of aromatic amines is 1. The minimum absolute atomic E-state index is 0.218. The topological polar surface area (TPSA) is 204 Å². The fraction of sp³-hybridized carbons (Fsp3) is 0.529. The molecule has 1 amide bonds. The number of nitrogens with one attached hydrogen (secondary N) is 3. The van der Waals surface area contributed by atoms with E-state index in [1.165, 1.54) is 10.9 Å². The highest BCUT2D eigenvalue weighted by Gasteiger charge is 2.43. The molecule has 1 fully saturated rings. The van der Waals surface area contributed by atoms with Gasteiger partial charge in [0.15, 0.2) is 10.9 Å². The highest BCUT2D eigenvalue weighted by Crippen LogP contribution is 2.31. The maximum atomic E-state index is 11.5. The molecular formula is C17H25N7O6S. The molecule has 9 N–H and O–H groups in total. The zero-order valence-electron chi connectivity index (χ0n) is 16.4. The first kappa shape index (κ1) is 23.2. The van der Waals surface area contributed by atoms with Gasteiger partial charge in [-0.3, -0.25) is 9.36 Å². The van der Waals surface area contributed by atoms with Crippen molar-refractivity contribution in [1.82, 2.24) is 24.8 Å².